The minimum Gasteiger partial charge on any atom is -0.553 e. The van der Waals surface area contributed by atoms with Gasteiger partial charge in [0.15, 0.2) is 34.9 Å². The first-order valence-corrected chi connectivity index (χ1v) is 38.2. The van der Waals surface area contributed by atoms with Crippen molar-refractivity contribution in [3.63, 3.8) is 0 Å². The van der Waals surface area contributed by atoms with Gasteiger partial charge in [-0.1, -0.05) is 127 Å². The first kappa shape index (κ1) is 94.1. The molecule has 5 aromatic carbocycles. The molecule has 0 bridgehead atoms. The van der Waals surface area contributed by atoms with E-state index >= 15 is 4.39 Å². The van der Waals surface area contributed by atoms with Crippen molar-refractivity contribution < 1.29 is 80.6 Å². The van der Waals surface area contributed by atoms with Gasteiger partial charge in [0.1, 0.15) is 21.1 Å². The molecule has 8 aromatic heterocycles. The van der Waals surface area contributed by atoms with Gasteiger partial charge < -0.3 is 51.1 Å². The number of pyridine rings is 2. The molecule has 3 aliphatic carbocycles. The molecule has 594 valence electrons. The summed E-state index contributed by atoms with van der Waals surface area (Å²) in [6, 6.07) is 31.8. The number of aromatic amines is 2. The van der Waals surface area contributed by atoms with Crippen LogP contribution in [0, 0.1) is 33.7 Å². The van der Waals surface area contributed by atoms with Crippen molar-refractivity contribution in [2.45, 2.75) is 121 Å². The van der Waals surface area contributed by atoms with Crippen molar-refractivity contribution in [2.75, 3.05) is 31.6 Å². The van der Waals surface area contributed by atoms with E-state index in [1.165, 1.54) is 63.1 Å². The number of carbonyl (C=O) groups excluding carboxylic acids is 3. The van der Waals surface area contributed by atoms with E-state index in [9.17, 15) is 31.9 Å². The number of nitrogen functional groups attached to an aromatic ring is 2. The number of hydrogen-bond acceptors (Lipinski definition) is 14. The minimum absolute atomic E-state index is 0. The molecule has 20 nitrogen and oxygen atoms in total. The van der Waals surface area contributed by atoms with E-state index in [1.54, 1.807) is 73.2 Å². The quantitative estimate of drug-likeness (QED) is 0.00990. The third kappa shape index (κ3) is 23.7. The number of rotatable bonds is 14. The summed E-state index contributed by atoms with van der Waals surface area (Å²) in [5.74, 6) is 2.15. The number of fused-ring (bicyclic) bond motifs is 3. The molecule has 0 radical (unpaired) electrons. The number of esters is 2. The Morgan fingerprint density at radius 3 is 1.66 bits per heavy atom. The monoisotopic (exact) mass is 1780 g/mol. The molecular formula is C78H79BrCl6F5N14NaO6S2. The topological polar surface area (TPSA) is 274 Å². The van der Waals surface area contributed by atoms with Crippen molar-refractivity contribution in [1.29, 1.82) is 0 Å². The number of Topliss-reactive ketones (excluding diaryl/α,β-unsaturated/α-hetero) is 1. The van der Waals surface area contributed by atoms with Crippen LogP contribution in [0.25, 0.3) is 50.0 Å². The molecule has 3 saturated carbocycles. The molecule has 13 aromatic rings. The van der Waals surface area contributed by atoms with E-state index in [2.05, 4.69) is 63.9 Å². The van der Waals surface area contributed by atoms with Gasteiger partial charge >= 0.3 is 41.5 Å². The maximum Gasteiger partial charge on any atom is 1.00 e. The Morgan fingerprint density at radius 1 is 0.611 bits per heavy atom. The summed E-state index contributed by atoms with van der Waals surface area (Å²) in [5.41, 5.74) is 17.5. The van der Waals surface area contributed by atoms with Crippen LogP contribution in [0.15, 0.2) is 167 Å². The minimum atomic E-state index is -0.780. The Morgan fingerprint density at radius 2 is 1.13 bits per heavy atom. The third-order valence-corrected chi connectivity index (χ3v) is 20.4. The van der Waals surface area contributed by atoms with Crippen LogP contribution >= 0.6 is 110 Å². The van der Waals surface area contributed by atoms with Crippen LogP contribution in [-0.4, -0.2) is 96.5 Å². The van der Waals surface area contributed by atoms with Gasteiger partial charge in [0, 0.05) is 87.8 Å². The maximum atomic E-state index is 15.4. The Hall–Kier alpha value is -7.78. The van der Waals surface area contributed by atoms with E-state index in [0.29, 0.717) is 56.2 Å². The van der Waals surface area contributed by atoms with E-state index in [1.807, 2.05) is 85.9 Å². The van der Waals surface area contributed by atoms with Crippen molar-refractivity contribution in [3.05, 3.63) is 256 Å². The number of benzene rings is 5. The van der Waals surface area contributed by atoms with E-state index < -0.39 is 35.2 Å². The number of methoxy groups -OCH3 is 2. The molecule has 8 N–H and O–H groups in total. The molecule has 8 heterocycles. The average Bonchev–Trinajstić information content (AvgIpc) is 1.58. The number of nitrogens with one attached hydrogen (secondary N) is 3. The molecule has 0 spiro atoms. The van der Waals surface area contributed by atoms with Crippen molar-refractivity contribution in [3.8, 4) is 11.4 Å². The van der Waals surface area contributed by atoms with Crippen LogP contribution in [-0.2, 0) is 29.1 Å². The van der Waals surface area contributed by atoms with Crippen LogP contribution in [0.2, 0.25) is 25.1 Å². The number of nitrogens with zero attached hydrogens (tertiary/aromatic N) is 9. The number of ether oxygens (including phenoxy) is 2. The van der Waals surface area contributed by atoms with Crippen LogP contribution in [0.1, 0.15) is 140 Å². The number of nitrogens with two attached hydrogens (primary N) is 2. The summed E-state index contributed by atoms with van der Waals surface area (Å²) in [6.45, 7) is 8.54. The van der Waals surface area contributed by atoms with Gasteiger partial charge in [-0.25, -0.2) is 36.5 Å². The Labute approximate surface area is 719 Å². The molecule has 16 rings (SSSR count). The number of aryl methyl sites for hydroxylation is 3. The summed E-state index contributed by atoms with van der Waals surface area (Å²) >= 11 is 43.5. The molecule has 3 aliphatic rings. The Balaban J connectivity index is 0.000000215. The zero-order chi connectivity index (χ0) is 79.8. The van der Waals surface area contributed by atoms with E-state index in [0.717, 1.165) is 92.8 Å². The number of alkyl halides is 1. The molecular weight excluding hydrogens is 1700 g/mol. The SMILES string of the molecule is C.C.CCn1cc(-n2c(C3CC3)c(Sc3cccc(C(=O)OC)n3)c3ccc(Cl)c(F)c32)cn1.CCn1cc(-n2c(C3CC3)cc3ccc(Cl)c(F)c32)cn1.CCn1cc(Br)cn1.COC(=O)c1cccc(=S)[nH]1.Fc1c(Cl)ccc2cc(C3CC3)[nH]c12.Nc1c(C(=O)CCl)ccc(Cl)c1F.Nc1cccc(Cl)c1F.[NH-]O.[Na+]. The zero-order valence-electron chi connectivity index (χ0n) is 60.3. The second-order valence-corrected chi connectivity index (χ2v) is 29.1. The number of carbonyl (C=O) groups is 3. The molecule has 3 fully saturated rings. The standard InChI is InChI=1S/C23H20ClFN4O2S.C16H15ClFN3.C11H9ClFN.C8H6Cl2FNO.C7H7NO2S.C6H5ClFN.C5H7BrN2.2CH4.H2NO.Na/c1-3-28-12-14(11-26-28)29-20(13-7-8-13)22(15-9-10-16(24)19(25)21(15)29)32-18-6-4-5-17(27-18)23(30)31-2;1-2-20-9-12(8-19-20)21-14(10-3-4-10)7-11-5-6-13(17)15(18)16(11)21;12-8-4-3-7-5-9(6-1-2-6)14-11(7)10(8)13;9-3-6(13)4-1-2-5(10)7(11)8(4)12;1-10-7(9)5-3-2-4-6(11)8-5;7-4-2-1-3-5(9)6(4)8;1-2-8-4-5(6)3-7-8;;;1-2;/h4-6,9-13H,3,7-8H2,1-2H3;5-10H,2-4H2,1H3;3-6,14H,1-2H2;1-2H,3,12H2;2-4H,1H3,(H,8,11);1-3H,9H2;3-4H,2H2,1H3;2*1H4;1-2H;/q;;;;;;;;;-1;+1. The van der Waals surface area contributed by atoms with Crippen LogP contribution in [0.4, 0.5) is 33.3 Å². The Bertz CT molecular complexity index is 5480. The number of aromatic nitrogens is 11. The zero-order valence-corrected chi connectivity index (χ0v) is 70.0. The summed E-state index contributed by atoms with van der Waals surface area (Å²) in [4.78, 5) is 45.1. The van der Waals surface area contributed by atoms with Crippen LogP contribution in [0.5, 0.6) is 0 Å². The Kier molecular flexibility index (Phi) is 36.5. The normalized spacial score (nSPS) is 12.2. The number of H-pyrrole nitrogens is 2. The molecule has 113 heavy (non-hydrogen) atoms. The fourth-order valence-corrected chi connectivity index (χ4v) is 13.7. The number of anilines is 2. The predicted octanol–water partition coefficient (Wildman–Crippen LogP) is 20.6. The maximum absolute atomic E-state index is 15.4. The fourth-order valence-electron chi connectivity index (χ4n) is 11.1. The van der Waals surface area contributed by atoms with E-state index in [-0.39, 0.29) is 110 Å². The molecule has 0 atom stereocenters. The summed E-state index contributed by atoms with van der Waals surface area (Å²) in [7, 11) is 2.65. The largest absolute Gasteiger partial charge is 1.00 e. The molecule has 0 unspecified atom stereocenters. The average molecular weight is 1780 g/mol. The van der Waals surface area contributed by atoms with Crippen LogP contribution in [0.3, 0.4) is 0 Å². The molecule has 0 saturated heterocycles. The second kappa shape index (κ2) is 43.8. The molecule has 35 heteroatoms. The third-order valence-electron chi connectivity index (χ3n) is 16.9. The van der Waals surface area contributed by atoms with Gasteiger partial charge in [-0.05, 0) is 172 Å². The van der Waals surface area contributed by atoms with Crippen molar-refractivity contribution in [2.24, 2.45) is 0 Å². The smallest absolute Gasteiger partial charge is 0.553 e. The van der Waals surface area contributed by atoms with Crippen molar-refractivity contribution >= 4 is 171 Å². The van der Waals surface area contributed by atoms with E-state index in [4.69, 9.17) is 109 Å². The molecule has 0 aliphatic heterocycles. The summed E-state index contributed by atoms with van der Waals surface area (Å²) in [5, 5.41) is 22.5. The number of ketones is 1. The number of halogens is 12. The predicted molar refractivity (Wildman–Crippen MR) is 443 cm³/mol. The van der Waals surface area contributed by atoms with Gasteiger partial charge in [0.2, 0.25) is 0 Å². The first-order chi connectivity index (χ1) is 52.8. The summed E-state index contributed by atoms with van der Waals surface area (Å²) < 4.78 is 89.3. The van der Waals surface area contributed by atoms with Gasteiger partial charge in [-0.2, -0.15) is 15.3 Å². The van der Waals surface area contributed by atoms with Gasteiger partial charge in [-0.15, -0.1) is 11.6 Å². The number of hydrogen-bond donors (Lipinski definition) is 5. The fraction of sp³-hybridized carbons (Fsp3) is 0.256. The van der Waals surface area contributed by atoms with Gasteiger partial charge in [0.25, 0.3) is 0 Å². The van der Waals surface area contributed by atoms with Crippen LogP contribution < -0.4 is 41.0 Å². The van der Waals surface area contributed by atoms with Crippen molar-refractivity contribution in [1.82, 2.24) is 53.4 Å². The summed E-state index contributed by atoms with van der Waals surface area (Å²) in [6.07, 6.45) is 17.9. The van der Waals surface area contributed by atoms with Gasteiger partial charge in [0.05, 0.1) is 108 Å². The molecule has 0 amide bonds. The van der Waals surface area contributed by atoms with Gasteiger partial charge in [-0.3, -0.25) is 18.8 Å². The first-order valence-electron chi connectivity index (χ1n) is 33.8. The second-order valence-electron chi connectivity index (χ2n) is 24.4.